The predicted molar refractivity (Wildman–Crippen MR) is 87.0 cm³/mol. The van der Waals surface area contributed by atoms with Crippen LogP contribution in [0.1, 0.15) is 31.2 Å². The van der Waals surface area contributed by atoms with Crippen molar-refractivity contribution in [1.82, 2.24) is 9.97 Å². The van der Waals surface area contributed by atoms with E-state index in [-0.39, 0.29) is 10.8 Å². The third-order valence-corrected chi connectivity index (χ3v) is 4.45. The Hall–Kier alpha value is -2.15. The molecule has 118 valence electrons. The fraction of sp³-hybridized carbons (Fsp3) is 0.333. The number of nitrogens with zero attached hydrogens (tertiary/aromatic N) is 2. The standard InChI is InChI=1S/C15H20N4O2S/c1-3-4-5-13-10-11(2)17-15(18-13)19-22(20,21)14-8-6-12(16)7-9-14/h6-10H,3-5,16H2,1-2H3,(H,17,18,19). The molecule has 1 heterocycles. The van der Waals surface area contributed by atoms with E-state index in [0.29, 0.717) is 5.69 Å². The van der Waals surface area contributed by atoms with Crippen LogP contribution in [-0.4, -0.2) is 18.4 Å². The van der Waals surface area contributed by atoms with Crippen molar-refractivity contribution in [3.8, 4) is 0 Å². The average molecular weight is 320 g/mol. The van der Waals surface area contributed by atoms with Crippen LogP contribution in [-0.2, 0) is 16.4 Å². The summed E-state index contributed by atoms with van der Waals surface area (Å²) in [5.41, 5.74) is 7.65. The van der Waals surface area contributed by atoms with Crippen molar-refractivity contribution in [1.29, 1.82) is 0 Å². The van der Waals surface area contributed by atoms with Gasteiger partial charge >= 0.3 is 0 Å². The first-order chi connectivity index (χ1) is 10.4. The lowest BCUT2D eigenvalue weighted by Gasteiger charge is -2.09. The molecule has 0 aliphatic heterocycles. The van der Waals surface area contributed by atoms with Crippen LogP contribution >= 0.6 is 0 Å². The van der Waals surface area contributed by atoms with E-state index < -0.39 is 10.0 Å². The van der Waals surface area contributed by atoms with Crippen molar-refractivity contribution < 1.29 is 8.42 Å². The summed E-state index contributed by atoms with van der Waals surface area (Å²) in [4.78, 5) is 8.54. The van der Waals surface area contributed by atoms with Gasteiger partial charge in [0.25, 0.3) is 10.0 Å². The van der Waals surface area contributed by atoms with Crippen molar-refractivity contribution in [3.63, 3.8) is 0 Å². The Morgan fingerprint density at radius 3 is 2.50 bits per heavy atom. The van der Waals surface area contributed by atoms with Crippen LogP contribution in [0.4, 0.5) is 11.6 Å². The van der Waals surface area contributed by atoms with Gasteiger partial charge in [-0.2, -0.15) is 0 Å². The normalized spacial score (nSPS) is 11.4. The number of nitrogen functional groups attached to an aromatic ring is 1. The molecule has 1 aromatic heterocycles. The van der Waals surface area contributed by atoms with E-state index in [0.717, 1.165) is 30.7 Å². The van der Waals surface area contributed by atoms with Gasteiger partial charge in [-0.3, -0.25) is 0 Å². The van der Waals surface area contributed by atoms with Crippen molar-refractivity contribution in [2.75, 3.05) is 10.5 Å². The number of aryl methyl sites for hydroxylation is 2. The van der Waals surface area contributed by atoms with Crippen molar-refractivity contribution >= 4 is 21.7 Å². The lowest BCUT2D eigenvalue weighted by atomic mass is 10.2. The second-order valence-electron chi connectivity index (χ2n) is 5.10. The minimum atomic E-state index is -3.71. The van der Waals surface area contributed by atoms with Gasteiger partial charge in [-0.1, -0.05) is 13.3 Å². The fourth-order valence-corrected chi connectivity index (χ4v) is 2.94. The zero-order valence-electron chi connectivity index (χ0n) is 12.7. The van der Waals surface area contributed by atoms with Gasteiger partial charge in [0, 0.05) is 17.1 Å². The van der Waals surface area contributed by atoms with Gasteiger partial charge in [0.05, 0.1) is 4.90 Å². The van der Waals surface area contributed by atoms with Crippen LogP contribution in [0.5, 0.6) is 0 Å². The molecule has 6 nitrogen and oxygen atoms in total. The maximum absolute atomic E-state index is 12.3. The van der Waals surface area contributed by atoms with E-state index in [1.54, 1.807) is 12.1 Å². The Balaban J connectivity index is 2.25. The third kappa shape index (κ3) is 4.17. The molecule has 0 saturated carbocycles. The molecular formula is C15H20N4O2S. The van der Waals surface area contributed by atoms with Crippen LogP contribution < -0.4 is 10.5 Å². The molecule has 0 unspecified atom stereocenters. The monoisotopic (exact) mass is 320 g/mol. The summed E-state index contributed by atoms with van der Waals surface area (Å²) < 4.78 is 27.1. The smallest absolute Gasteiger partial charge is 0.264 e. The molecule has 3 N–H and O–H groups in total. The maximum Gasteiger partial charge on any atom is 0.264 e. The first-order valence-corrected chi connectivity index (χ1v) is 8.62. The quantitative estimate of drug-likeness (QED) is 0.797. The molecule has 2 rings (SSSR count). The molecule has 0 fully saturated rings. The first kappa shape index (κ1) is 16.2. The van der Waals surface area contributed by atoms with E-state index in [9.17, 15) is 8.42 Å². The van der Waals surface area contributed by atoms with Gasteiger partial charge in [0.2, 0.25) is 5.95 Å². The van der Waals surface area contributed by atoms with Crippen LogP contribution in [0.2, 0.25) is 0 Å². The number of sulfonamides is 1. The van der Waals surface area contributed by atoms with Crippen molar-refractivity contribution in [2.45, 2.75) is 38.0 Å². The summed E-state index contributed by atoms with van der Waals surface area (Å²) in [5, 5.41) is 0. The highest BCUT2D eigenvalue weighted by atomic mass is 32.2. The Morgan fingerprint density at radius 2 is 1.86 bits per heavy atom. The summed E-state index contributed by atoms with van der Waals surface area (Å²) in [5.74, 6) is 0.0999. The lowest BCUT2D eigenvalue weighted by Crippen LogP contribution is -2.16. The molecule has 0 amide bonds. The van der Waals surface area contributed by atoms with Crippen LogP contribution in [0, 0.1) is 6.92 Å². The van der Waals surface area contributed by atoms with E-state index in [2.05, 4.69) is 21.6 Å². The van der Waals surface area contributed by atoms with E-state index >= 15 is 0 Å². The summed E-state index contributed by atoms with van der Waals surface area (Å²) in [6, 6.07) is 7.85. The summed E-state index contributed by atoms with van der Waals surface area (Å²) >= 11 is 0. The summed E-state index contributed by atoms with van der Waals surface area (Å²) in [6.07, 6.45) is 2.85. The highest BCUT2D eigenvalue weighted by Crippen LogP contribution is 2.16. The number of hydrogen-bond donors (Lipinski definition) is 2. The number of hydrogen-bond acceptors (Lipinski definition) is 5. The van der Waals surface area contributed by atoms with Gasteiger partial charge in [0.1, 0.15) is 0 Å². The summed E-state index contributed by atoms with van der Waals surface area (Å²) in [7, 11) is -3.71. The maximum atomic E-state index is 12.3. The molecule has 7 heteroatoms. The van der Waals surface area contributed by atoms with Crippen LogP contribution in [0.15, 0.2) is 35.2 Å². The average Bonchev–Trinajstić information content (AvgIpc) is 2.44. The van der Waals surface area contributed by atoms with E-state index in [1.807, 2.05) is 13.0 Å². The van der Waals surface area contributed by atoms with Gasteiger partial charge in [0.15, 0.2) is 0 Å². The largest absolute Gasteiger partial charge is 0.399 e. The fourth-order valence-electron chi connectivity index (χ4n) is 1.99. The Kier molecular flexibility index (Phi) is 4.97. The van der Waals surface area contributed by atoms with Crippen molar-refractivity contribution in [3.05, 3.63) is 41.7 Å². The topological polar surface area (TPSA) is 98.0 Å². The third-order valence-electron chi connectivity index (χ3n) is 3.11. The zero-order valence-corrected chi connectivity index (χ0v) is 13.5. The van der Waals surface area contributed by atoms with Gasteiger partial charge in [-0.25, -0.2) is 23.1 Å². The van der Waals surface area contributed by atoms with Gasteiger partial charge < -0.3 is 5.73 Å². The number of anilines is 2. The molecule has 0 aliphatic carbocycles. The minimum Gasteiger partial charge on any atom is -0.399 e. The Morgan fingerprint density at radius 1 is 1.18 bits per heavy atom. The van der Waals surface area contributed by atoms with E-state index in [1.165, 1.54) is 12.1 Å². The molecule has 22 heavy (non-hydrogen) atoms. The first-order valence-electron chi connectivity index (χ1n) is 7.13. The van der Waals surface area contributed by atoms with Crippen LogP contribution in [0.3, 0.4) is 0 Å². The number of unbranched alkanes of at least 4 members (excludes halogenated alkanes) is 1. The molecule has 2 aromatic rings. The number of nitrogens with one attached hydrogen (secondary N) is 1. The lowest BCUT2D eigenvalue weighted by molar-refractivity contribution is 0.600. The highest BCUT2D eigenvalue weighted by Gasteiger charge is 2.16. The molecular weight excluding hydrogens is 300 g/mol. The molecule has 0 atom stereocenters. The molecule has 1 aromatic carbocycles. The predicted octanol–water partition coefficient (Wildman–Crippen LogP) is 2.51. The molecule has 0 bridgehead atoms. The van der Waals surface area contributed by atoms with Gasteiger partial charge in [-0.15, -0.1) is 0 Å². The Labute approximate surface area is 130 Å². The molecule has 0 aliphatic rings. The molecule has 0 radical (unpaired) electrons. The molecule has 0 spiro atoms. The van der Waals surface area contributed by atoms with Gasteiger partial charge in [-0.05, 0) is 50.1 Å². The molecule has 0 saturated heterocycles. The Bertz CT molecular complexity index is 743. The minimum absolute atomic E-state index is 0.0999. The highest BCUT2D eigenvalue weighted by molar-refractivity contribution is 7.92. The number of benzene rings is 1. The second-order valence-corrected chi connectivity index (χ2v) is 6.78. The van der Waals surface area contributed by atoms with E-state index in [4.69, 9.17) is 5.73 Å². The van der Waals surface area contributed by atoms with Crippen molar-refractivity contribution in [2.24, 2.45) is 0 Å². The number of rotatable bonds is 6. The SMILES string of the molecule is CCCCc1cc(C)nc(NS(=O)(=O)c2ccc(N)cc2)n1. The second kappa shape index (κ2) is 6.74. The zero-order chi connectivity index (χ0) is 16.2. The van der Waals surface area contributed by atoms with Crippen LogP contribution in [0.25, 0.3) is 0 Å². The summed E-state index contributed by atoms with van der Waals surface area (Å²) in [6.45, 7) is 3.91. The number of nitrogens with two attached hydrogens (primary N) is 1. The number of aromatic nitrogens is 2.